The molecule has 0 aromatic carbocycles. The van der Waals surface area contributed by atoms with Crippen molar-refractivity contribution in [3.8, 4) is 0 Å². The lowest BCUT2D eigenvalue weighted by Gasteiger charge is -2.22. The number of hydrogen-bond donors (Lipinski definition) is 1. The average molecular weight is 207 g/mol. The van der Waals surface area contributed by atoms with Crippen molar-refractivity contribution in [3.63, 3.8) is 0 Å². The zero-order valence-electron chi connectivity index (χ0n) is 9.95. The highest BCUT2D eigenvalue weighted by atomic mass is 15.2. The molecule has 0 aliphatic rings. The van der Waals surface area contributed by atoms with Crippen molar-refractivity contribution in [1.82, 2.24) is 4.98 Å². The molecule has 0 amide bonds. The summed E-state index contributed by atoms with van der Waals surface area (Å²) in [5.74, 6) is 2.00. The number of nitrogens with one attached hydrogen (secondary N) is 1. The first-order valence-corrected chi connectivity index (χ1v) is 5.71. The van der Waals surface area contributed by atoms with Gasteiger partial charge >= 0.3 is 0 Å². The first kappa shape index (κ1) is 11.8. The molecule has 15 heavy (non-hydrogen) atoms. The number of pyridine rings is 1. The van der Waals surface area contributed by atoms with Gasteiger partial charge in [0.05, 0.1) is 0 Å². The third-order valence-corrected chi connectivity index (χ3v) is 2.48. The van der Waals surface area contributed by atoms with Crippen LogP contribution in [0.1, 0.15) is 26.7 Å². The quantitative estimate of drug-likeness (QED) is 0.777. The maximum atomic E-state index is 4.53. The number of hydrogen-bond acceptors (Lipinski definition) is 3. The summed E-state index contributed by atoms with van der Waals surface area (Å²) in [7, 11) is 1.90. The fourth-order valence-electron chi connectivity index (χ4n) is 1.52. The molecule has 0 spiro atoms. The monoisotopic (exact) mass is 207 g/mol. The number of unbranched alkanes of at least 4 members (excludes halogenated alkanes) is 1. The van der Waals surface area contributed by atoms with Gasteiger partial charge in [-0.25, -0.2) is 4.98 Å². The van der Waals surface area contributed by atoms with Crippen molar-refractivity contribution in [1.29, 1.82) is 0 Å². The molecule has 1 heterocycles. The van der Waals surface area contributed by atoms with Gasteiger partial charge in [0.25, 0.3) is 0 Å². The van der Waals surface area contributed by atoms with Crippen molar-refractivity contribution in [2.75, 3.05) is 30.4 Å². The Morgan fingerprint density at radius 2 is 2.13 bits per heavy atom. The van der Waals surface area contributed by atoms with E-state index in [4.69, 9.17) is 0 Å². The summed E-state index contributed by atoms with van der Waals surface area (Å²) < 4.78 is 0. The summed E-state index contributed by atoms with van der Waals surface area (Å²) in [5.41, 5.74) is 0. The maximum Gasteiger partial charge on any atom is 0.130 e. The average Bonchev–Trinajstić information content (AvgIpc) is 2.30. The highest BCUT2D eigenvalue weighted by molar-refractivity contribution is 5.46. The van der Waals surface area contributed by atoms with Crippen LogP contribution in [0.3, 0.4) is 0 Å². The van der Waals surface area contributed by atoms with E-state index in [0.29, 0.717) is 0 Å². The molecule has 1 aromatic rings. The second-order valence-corrected chi connectivity index (χ2v) is 3.56. The lowest BCUT2D eigenvalue weighted by molar-refractivity contribution is 0.724. The van der Waals surface area contributed by atoms with E-state index < -0.39 is 0 Å². The summed E-state index contributed by atoms with van der Waals surface area (Å²) in [6.07, 6.45) is 2.45. The molecule has 0 aliphatic carbocycles. The van der Waals surface area contributed by atoms with Gasteiger partial charge in [0.15, 0.2) is 0 Å². The summed E-state index contributed by atoms with van der Waals surface area (Å²) in [4.78, 5) is 6.84. The molecule has 0 atom stereocenters. The molecule has 84 valence electrons. The molecule has 0 fully saturated rings. The molecule has 0 saturated heterocycles. The van der Waals surface area contributed by atoms with Gasteiger partial charge in [0, 0.05) is 20.1 Å². The van der Waals surface area contributed by atoms with Gasteiger partial charge in [-0.15, -0.1) is 0 Å². The third-order valence-electron chi connectivity index (χ3n) is 2.48. The van der Waals surface area contributed by atoms with Crippen LogP contribution in [0.2, 0.25) is 0 Å². The van der Waals surface area contributed by atoms with Crippen molar-refractivity contribution in [3.05, 3.63) is 18.2 Å². The summed E-state index contributed by atoms with van der Waals surface area (Å²) >= 11 is 0. The van der Waals surface area contributed by atoms with E-state index in [2.05, 4.69) is 35.1 Å². The predicted octanol–water partition coefficient (Wildman–Crippen LogP) is 2.75. The van der Waals surface area contributed by atoms with Gasteiger partial charge in [-0.05, 0) is 25.5 Å². The molecule has 1 N–H and O–H groups in total. The van der Waals surface area contributed by atoms with Crippen molar-refractivity contribution in [2.45, 2.75) is 26.7 Å². The second-order valence-electron chi connectivity index (χ2n) is 3.56. The zero-order chi connectivity index (χ0) is 11.1. The zero-order valence-corrected chi connectivity index (χ0v) is 9.95. The Hall–Kier alpha value is -1.25. The van der Waals surface area contributed by atoms with Gasteiger partial charge < -0.3 is 10.2 Å². The van der Waals surface area contributed by atoms with E-state index in [-0.39, 0.29) is 0 Å². The molecule has 0 unspecified atom stereocenters. The Morgan fingerprint density at radius 3 is 2.73 bits per heavy atom. The van der Waals surface area contributed by atoms with Gasteiger partial charge in [0.2, 0.25) is 0 Å². The largest absolute Gasteiger partial charge is 0.373 e. The summed E-state index contributed by atoms with van der Waals surface area (Å²) in [6.45, 7) is 6.49. The molecule has 0 bridgehead atoms. The SMILES string of the molecule is CCCCN(CC)c1cccc(NC)n1. The van der Waals surface area contributed by atoms with Crippen molar-refractivity contribution < 1.29 is 0 Å². The van der Waals surface area contributed by atoms with Crippen LogP contribution >= 0.6 is 0 Å². The van der Waals surface area contributed by atoms with E-state index >= 15 is 0 Å². The van der Waals surface area contributed by atoms with Crippen LogP contribution in [0.15, 0.2) is 18.2 Å². The fourth-order valence-corrected chi connectivity index (χ4v) is 1.52. The second kappa shape index (κ2) is 6.27. The topological polar surface area (TPSA) is 28.2 Å². The summed E-state index contributed by atoms with van der Waals surface area (Å²) in [5, 5.41) is 3.06. The van der Waals surface area contributed by atoms with Crippen molar-refractivity contribution >= 4 is 11.6 Å². The Balaban J connectivity index is 2.72. The molecular weight excluding hydrogens is 186 g/mol. The Kier molecular flexibility index (Phi) is 4.95. The van der Waals surface area contributed by atoms with Gasteiger partial charge in [0.1, 0.15) is 11.6 Å². The number of anilines is 2. The van der Waals surface area contributed by atoms with E-state index in [1.54, 1.807) is 0 Å². The van der Waals surface area contributed by atoms with Crippen LogP contribution < -0.4 is 10.2 Å². The van der Waals surface area contributed by atoms with Crippen LogP contribution in [0.25, 0.3) is 0 Å². The molecule has 0 aliphatic heterocycles. The first-order valence-electron chi connectivity index (χ1n) is 5.71. The number of nitrogens with zero attached hydrogens (tertiary/aromatic N) is 2. The third kappa shape index (κ3) is 3.42. The Labute approximate surface area is 92.5 Å². The maximum absolute atomic E-state index is 4.53. The minimum atomic E-state index is 0.933. The standard InChI is InChI=1S/C12H21N3/c1-4-6-10-15(5-2)12-9-7-8-11(13-3)14-12/h7-9H,4-6,10H2,1-3H3,(H,13,14). The predicted molar refractivity (Wildman–Crippen MR) is 66.6 cm³/mol. The van der Waals surface area contributed by atoms with Gasteiger partial charge in [-0.3, -0.25) is 0 Å². The van der Waals surface area contributed by atoms with E-state index in [1.165, 1.54) is 12.8 Å². The molecule has 0 saturated carbocycles. The van der Waals surface area contributed by atoms with Crippen LogP contribution in [-0.4, -0.2) is 25.1 Å². The molecule has 1 rings (SSSR count). The molecule has 0 radical (unpaired) electrons. The fraction of sp³-hybridized carbons (Fsp3) is 0.583. The lowest BCUT2D eigenvalue weighted by Crippen LogP contribution is -2.24. The first-order chi connectivity index (χ1) is 7.31. The normalized spacial score (nSPS) is 10.1. The van der Waals surface area contributed by atoms with Gasteiger partial charge in [-0.1, -0.05) is 19.4 Å². The smallest absolute Gasteiger partial charge is 0.130 e. The van der Waals surface area contributed by atoms with Gasteiger partial charge in [-0.2, -0.15) is 0 Å². The molecular formula is C12H21N3. The highest BCUT2D eigenvalue weighted by Gasteiger charge is 2.04. The molecule has 1 aromatic heterocycles. The van der Waals surface area contributed by atoms with Crippen LogP contribution in [0, 0.1) is 0 Å². The van der Waals surface area contributed by atoms with Crippen LogP contribution in [-0.2, 0) is 0 Å². The minimum absolute atomic E-state index is 0.933. The molecule has 3 nitrogen and oxygen atoms in total. The Bertz CT molecular complexity index is 286. The minimum Gasteiger partial charge on any atom is -0.373 e. The Morgan fingerprint density at radius 1 is 1.33 bits per heavy atom. The van der Waals surface area contributed by atoms with E-state index in [1.807, 2.05) is 19.2 Å². The highest BCUT2D eigenvalue weighted by Crippen LogP contribution is 2.14. The number of aromatic nitrogens is 1. The summed E-state index contributed by atoms with van der Waals surface area (Å²) in [6, 6.07) is 6.10. The van der Waals surface area contributed by atoms with Crippen LogP contribution in [0.5, 0.6) is 0 Å². The van der Waals surface area contributed by atoms with E-state index in [0.717, 1.165) is 24.7 Å². The van der Waals surface area contributed by atoms with Crippen molar-refractivity contribution in [2.24, 2.45) is 0 Å². The molecule has 3 heteroatoms. The number of rotatable bonds is 6. The lowest BCUT2D eigenvalue weighted by atomic mass is 10.3. The van der Waals surface area contributed by atoms with E-state index in [9.17, 15) is 0 Å². The van der Waals surface area contributed by atoms with Crippen LogP contribution in [0.4, 0.5) is 11.6 Å².